The lowest BCUT2D eigenvalue weighted by atomic mass is 10.1. The third kappa shape index (κ3) is 3.64. The first-order chi connectivity index (χ1) is 8.25. The summed E-state index contributed by atoms with van der Waals surface area (Å²) < 4.78 is 0. The predicted molar refractivity (Wildman–Crippen MR) is 73.6 cm³/mol. The predicted octanol–water partition coefficient (Wildman–Crippen LogP) is 3.09. The Bertz CT molecular complexity index is 473. The second kappa shape index (κ2) is 5.93. The molecule has 3 nitrogen and oxygen atoms in total. The fourth-order valence-corrected chi connectivity index (χ4v) is 2.40. The van der Waals surface area contributed by atoms with E-state index < -0.39 is 0 Å². The molecule has 0 saturated heterocycles. The summed E-state index contributed by atoms with van der Waals surface area (Å²) in [4.78, 5) is 15.6. The van der Waals surface area contributed by atoms with Crippen molar-refractivity contribution in [3.63, 3.8) is 0 Å². The molecule has 0 aliphatic rings. The van der Waals surface area contributed by atoms with Crippen molar-refractivity contribution in [2.24, 2.45) is 0 Å². The molecule has 1 aromatic heterocycles. The Morgan fingerprint density at radius 2 is 2.18 bits per heavy atom. The van der Waals surface area contributed by atoms with Crippen molar-refractivity contribution in [3.05, 3.63) is 47.5 Å². The van der Waals surface area contributed by atoms with E-state index in [0.29, 0.717) is 11.6 Å². The highest BCUT2D eigenvalue weighted by atomic mass is 79.9. The summed E-state index contributed by atoms with van der Waals surface area (Å²) in [7, 11) is 0. The number of nitrogens with zero attached hydrogens (tertiary/aromatic N) is 1. The largest absolute Gasteiger partial charge is 0.301 e. The van der Waals surface area contributed by atoms with Gasteiger partial charge in [0.25, 0.3) is 0 Å². The van der Waals surface area contributed by atoms with Gasteiger partial charge in [-0.2, -0.15) is 0 Å². The Morgan fingerprint density at radius 1 is 1.41 bits per heavy atom. The number of thiazole rings is 1. The van der Waals surface area contributed by atoms with Crippen molar-refractivity contribution in [2.75, 3.05) is 5.32 Å². The Hall–Kier alpha value is -1.20. The van der Waals surface area contributed by atoms with E-state index in [2.05, 4.69) is 26.2 Å². The van der Waals surface area contributed by atoms with Gasteiger partial charge in [0.2, 0.25) is 5.91 Å². The van der Waals surface area contributed by atoms with Crippen LogP contribution in [0.4, 0.5) is 5.13 Å². The maximum absolute atomic E-state index is 11.8. The van der Waals surface area contributed by atoms with Crippen LogP contribution in [0.15, 0.2) is 41.9 Å². The number of amides is 1. The first-order valence-electron chi connectivity index (χ1n) is 5.14. The van der Waals surface area contributed by atoms with Crippen LogP contribution in [0.1, 0.15) is 5.56 Å². The molecule has 2 aromatic rings. The van der Waals surface area contributed by atoms with E-state index in [4.69, 9.17) is 0 Å². The minimum atomic E-state index is -0.242. The highest BCUT2D eigenvalue weighted by molar-refractivity contribution is 9.10. The van der Waals surface area contributed by atoms with E-state index in [-0.39, 0.29) is 10.7 Å². The number of alkyl halides is 1. The molecule has 0 bridgehead atoms. The van der Waals surface area contributed by atoms with Crippen LogP contribution in [0.5, 0.6) is 0 Å². The zero-order valence-corrected chi connectivity index (χ0v) is 11.4. The number of aromatic nitrogens is 1. The molecule has 1 atom stereocenters. The van der Waals surface area contributed by atoms with Gasteiger partial charge in [0.05, 0.1) is 4.83 Å². The number of hydrogen-bond acceptors (Lipinski definition) is 3. The van der Waals surface area contributed by atoms with Crippen LogP contribution in [0.2, 0.25) is 0 Å². The second-order valence-corrected chi connectivity index (χ2v) is 5.48. The zero-order chi connectivity index (χ0) is 12.1. The molecule has 88 valence electrons. The lowest BCUT2D eigenvalue weighted by Gasteiger charge is -2.08. The number of benzene rings is 1. The molecule has 0 aliphatic carbocycles. The van der Waals surface area contributed by atoms with Crippen molar-refractivity contribution in [3.8, 4) is 0 Å². The van der Waals surface area contributed by atoms with Crippen LogP contribution in [0.25, 0.3) is 0 Å². The number of carbonyl (C=O) groups excluding carboxylic acids is 1. The van der Waals surface area contributed by atoms with Gasteiger partial charge in [-0.3, -0.25) is 4.79 Å². The summed E-state index contributed by atoms with van der Waals surface area (Å²) in [5.74, 6) is -0.0659. The normalized spacial score (nSPS) is 12.1. The molecule has 17 heavy (non-hydrogen) atoms. The molecule has 0 unspecified atom stereocenters. The number of nitrogens with one attached hydrogen (secondary N) is 1. The minimum Gasteiger partial charge on any atom is -0.301 e. The number of halogens is 1. The second-order valence-electron chi connectivity index (χ2n) is 3.48. The molecule has 0 spiro atoms. The van der Waals surface area contributed by atoms with E-state index in [1.54, 1.807) is 6.20 Å². The Morgan fingerprint density at radius 3 is 2.82 bits per heavy atom. The molecule has 0 aliphatic heterocycles. The average molecular weight is 311 g/mol. The van der Waals surface area contributed by atoms with Crippen molar-refractivity contribution in [2.45, 2.75) is 11.2 Å². The van der Waals surface area contributed by atoms with E-state index >= 15 is 0 Å². The van der Waals surface area contributed by atoms with Gasteiger partial charge in [0.15, 0.2) is 5.13 Å². The maximum atomic E-state index is 11.8. The van der Waals surface area contributed by atoms with E-state index in [1.807, 2.05) is 35.7 Å². The molecule has 0 radical (unpaired) electrons. The number of rotatable bonds is 4. The van der Waals surface area contributed by atoms with E-state index in [1.165, 1.54) is 11.3 Å². The molecule has 0 saturated carbocycles. The number of carbonyl (C=O) groups is 1. The van der Waals surface area contributed by atoms with Crippen molar-refractivity contribution < 1.29 is 4.79 Å². The fourth-order valence-electron chi connectivity index (χ4n) is 1.38. The van der Waals surface area contributed by atoms with Gasteiger partial charge in [-0.15, -0.1) is 11.3 Å². The SMILES string of the molecule is O=C(Nc1nccs1)[C@@H](Br)Cc1ccccc1. The van der Waals surface area contributed by atoms with E-state index in [9.17, 15) is 4.79 Å². The Kier molecular flexibility index (Phi) is 4.28. The highest BCUT2D eigenvalue weighted by Gasteiger charge is 2.16. The van der Waals surface area contributed by atoms with Crippen LogP contribution in [0, 0.1) is 0 Å². The smallest absolute Gasteiger partial charge is 0.240 e. The van der Waals surface area contributed by atoms with Crippen LogP contribution in [0.3, 0.4) is 0 Å². The van der Waals surface area contributed by atoms with E-state index in [0.717, 1.165) is 5.56 Å². The van der Waals surface area contributed by atoms with Gasteiger partial charge in [-0.05, 0) is 12.0 Å². The first-order valence-corrected chi connectivity index (χ1v) is 6.93. The number of anilines is 1. The molecular weight excluding hydrogens is 300 g/mol. The Balaban J connectivity index is 1.92. The fraction of sp³-hybridized carbons (Fsp3) is 0.167. The molecule has 1 aromatic carbocycles. The van der Waals surface area contributed by atoms with Crippen LogP contribution >= 0.6 is 27.3 Å². The van der Waals surface area contributed by atoms with Crippen LogP contribution in [-0.2, 0) is 11.2 Å². The van der Waals surface area contributed by atoms with Gasteiger partial charge in [-0.25, -0.2) is 4.98 Å². The Labute approximate surface area is 112 Å². The van der Waals surface area contributed by atoms with Gasteiger partial charge in [0, 0.05) is 11.6 Å². The third-order valence-electron chi connectivity index (χ3n) is 2.20. The quantitative estimate of drug-likeness (QED) is 0.882. The van der Waals surface area contributed by atoms with Crippen LogP contribution < -0.4 is 5.32 Å². The summed E-state index contributed by atoms with van der Waals surface area (Å²) in [6.45, 7) is 0. The molecule has 1 heterocycles. The molecule has 1 amide bonds. The summed E-state index contributed by atoms with van der Waals surface area (Å²) in [6, 6.07) is 9.90. The van der Waals surface area contributed by atoms with Gasteiger partial charge in [-0.1, -0.05) is 46.3 Å². The molecule has 0 fully saturated rings. The summed E-state index contributed by atoms with van der Waals surface area (Å²) in [5.41, 5.74) is 1.13. The first kappa shape index (κ1) is 12.3. The lowest BCUT2D eigenvalue weighted by Crippen LogP contribution is -2.24. The van der Waals surface area contributed by atoms with Gasteiger partial charge >= 0.3 is 0 Å². The molecular formula is C12H11BrN2OS. The molecule has 2 rings (SSSR count). The summed E-state index contributed by atoms with van der Waals surface area (Å²) in [5, 5.41) is 5.22. The maximum Gasteiger partial charge on any atom is 0.240 e. The standard InChI is InChI=1S/C12H11BrN2OS/c13-10(8-9-4-2-1-3-5-9)11(16)15-12-14-6-7-17-12/h1-7,10H,8H2,(H,14,15,16)/t10-/m0/s1. The number of hydrogen-bond donors (Lipinski definition) is 1. The topological polar surface area (TPSA) is 42.0 Å². The lowest BCUT2D eigenvalue weighted by molar-refractivity contribution is -0.115. The summed E-state index contributed by atoms with van der Waals surface area (Å²) in [6.07, 6.45) is 2.33. The van der Waals surface area contributed by atoms with Gasteiger partial charge in [0.1, 0.15) is 0 Å². The van der Waals surface area contributed by atoms with Crippen molar-refractivity contribution in [1.82, 2.24) is 4.98 Å². The minimum absolute atomic E-state index is 0.0659. The molecule has 5 heteroatoms. The molecule has 1 N–H and O–H groups in total. The van der Waals surface area contributed by atoms with Crippen LogP contribution in [-0.4, -0.2) is 15.7 Å². The summed E-state index contributed by atoms with van der Waals surface area (Å²) >= 11 is 4.80. The van der Waals surface area contributed by atoms with Crippen molar-refractivity contribution in [1.29, 1.82) is 0 Å². The average Bonchev–Trinajstić information content (AvgIpc) is 2.83. The third-order valence-corrected chi connectivity index (χ3v) is 3.63. The highest BCUT2D eigenvalue weighted by Crippen LogP contribution is 2.15. The van der Waals surface area contributed by atoms with Crippen molar-refractivity contribution >= 4 is 38.3 Å². The monoisotopic (exact) mass is 310 g/mol. The zero-order valence-electron chi connectivity index (χ0n) is 8.97. The van der Waals surface area contributed by atoms with Gasteiger partial charge < -0.3 is 5.32 Å².